The minimum Gasteiger partial charge on any atom is -0.494 e. The van der Waals surface area contributed by atoms with Crippen LogP contribution in [0.15, 0.2) is 12.1 Å². The van der Waals surface area contributed by atoms with E-state index in [9.17, 15) is 8.78 Å². The number of benzene rings is 1. The van der Waals surface area contributed by atoms with Crippen LogP contribution in [0.1, 0.15) is 12.8 Å². The predicted octanol–water partition coefficient (Wildman–Crippen LogP) is 2.16. The SMILES string of the molecule is COc1cc(F)c(N(C)CCNC2CC2)cc1F. The van der Waals surface area contributed by atoms with Gasteiger partial charge in [-0.25, -0.2) is 8.78 Å². The van der Waals surface area contributed by atoms with Crippen molar-refractivity contribution in [2.45, 2.75) is 18.9 Å². The van der Waals surface area contributed by atoms with E-state index in [1.54, 1.807) is 11.9 Å². The summed E-state index contributed by atoms with van der Waals surface area (Å²) in [5.74, 6) is -1.08. The second-order valence-corrected chi connectivity index (χ2v) is 4.59. The van der Waals surface area contributed by atoms with Crippen LogP contribution in [0.2, 0.25) is 0 Å². The van der Waals surface area contributed by atoms with Crippen molar-refractivity contribution < 1.29 is 13.5 Å². The molecule has 1 N–H and O–H groups in total. The highest BCUT2D eigenvalue weighted by Gasteiger charge is 2.20. The Hall–Kier alpha value is -1.36. The zero-order valence-electron chi connectivity index (χ0n) is 10.7. The van der Waals surface area contributed by atoms with Crippen molar-refractivity contribution in [3.63, 3.8) is 0 Å². The molecule has 0 bridgehead atoms. The molecular weight excluding hydrogens is 238 g/mol. The Morgan fingerprint density at radius 2 is 2.06 bits per heavy atom. The highest BCUT2D eigenvalue weighted by molar-refractivity contribution is 5.50. The fourth-order valence-corrected chi connectivity index (χ4v) is 1.81. The van der Waals surface area contributed by atoms with Gasteiger partial charge in [-0.15, -0.1) is 0 Å². The van der Waals surface area contributed by atoms with E-state index >= 15 is 0 Å². The van der Waals surface area contributed by atoms with Crippen molar-refractivity contribution in [2.24, 2.45) is 0 Å². The Bertz CT molecular complexity index is 422. The van der Waals surface area contributed by atoms with Gasteiger partial charge in [-0.1, -0.05) is 0 Å². The molecule has 0 heterocycles. The Labute approximate surface area is 106 Å². The lowest BCUT2D eigenvalue weighted by atomic mass is 10.2. The summed E-state index contributed by atoms with van der Waals surface area (Å²) >= 11 is 0. The number of rotatable bonds is 6. The largest absolute Gasteiger partial charge is 0.494 e. The number of halogens is 2. The summed E-state index contributed by atoms with van der Waals surface area (Å²) in [6.07, 6.45) is 2.43. The fraction of sp³-hybridized carbons (Fsp3) is 0.538. The number of nitrogens with one attached hydrogen (secondary N) is 1. The molecule has 0 radical (unpaired) electrons. The number of ether oxygens (including phenoxy) is 1. The van der Waals surface area contributed by atoms with Gasteiger partial charge in [0, 0.05) is 38.3 Å². The van der Waals surface area contributed by atoms with Gasteiger partial charge < -0.3 is 15.0 Å². The van der Waals surface area contributed by atoms with Crippen LogP contribution in [0.3, 0.4) is 0 Å². The van der Waals surface area contributed by atoms with Crippen molar-refractivity contribution in [3.8, 4) is 5.75 Å². The van der Waals surface area contributed by atoms with Gasteiger partial charge in [-0.2, -0.15) is 0 Å². The van der Waals surface area contributed by atoms with Gasteiger partial charge in [0.15, 0.2) is 11.6 Å². The quantitative estimate of drug-likeness (QED) is 0.844. The molecule has 0 saturated heterocycles. The molecule has 0 aliphatic heterocycles. The molecule has 100 valence electrons. The number of hydrogen-bond donors (Lipinski definition) is 1. The molecule has 1 aromatic rings. The third kappa shape index (κ3) is 3.10. The Kier molecular flexibility index (Phi) is 4.01. The molecule has 1 aromatic carbocycles. The molecule has 0 amide bonds. The summed E-state index contributed by atoms with van der Waals surface area (Å²) in [4.78, 5) is 1.70. The van der Waals surface area contributed by atoms with Crippen LogP contribution in [-0.4, -0.2) is 33.3 Å². The van der Waals surface area contributed by atoms with Crippen LogP contribution in [0.5, 0.6) is 5.75 Å². The number of likely N-dealkylation sites (N-methyl/N-ethyl adjacent to an activating group) is 1. The van der Waals surface area contributed by atoms with E-state index in [0.29, 0.717) is 12.6 Å². The maximum Gasteiger partial charge on any atom is 0.167 e. The summed E-state index contributed by atoms with van der Waals surface area (Å²) in [7, 11) is 3.07. The zero-order chi connectivity index (χ0) is 13.1. The van der Waals surface area contributed by atoms with Crippen LogP contribution in [0, 0.1) is 11.6 Å². The molecule has 0 aromatic heterocycles. The average molecular weight is 256 g/mol. The van der Waals surface area contributed by atoms with Gasteiger partial charge in [0.1, 0.15) is 5.82 Å². The molecular formula is C13H18F2N2O. The lowest BCUT2D eigenvalue weighted by molar-refractivity contribution is 0.383. The topological polar surface area (TPSA) is 24.5 Å². The predicted molar refractivity (Wildman–Crippen MR) is 67.2 cm³/mol. The summed E-state index contributed by atoms with van der Waals surface area (Å²) in [5, 5.41) is 3.33. The van der Waals surface area contributed by atoms with Crippen molar-refractivity contribution in [2.75, 3.05) is 32.1 Å². The first-order chi connectivity index (χ1) is 8.61. The zero-order valence-corrected chi connectivity index (χ0v) is 10.7. The highest BCUT2D eigenvalue weighted by atomic mass is 19.1. The monoisotopic (exact) mass is 256 g/mol. The molecule has 18 heavy (non-hydrogen) atoms. The summed E-state index contributed by atoms with van der Waals surface area (Å²) in [6, 6.07) is 2.87. The number of nitrogens with zero attached hydrogens (tertiary/aromatic N) is 1. The van der Waals surface area contributed by atoms with Gasteiger partial charge in [0.2, 0.25) is 0 Å². The highest BCUT2D eigenvalue weighted by Crippen LogP contribution is 2.26. The third-order valence-corrected chi connectivity index (χ3v) is 3.09. The molecule has 0 atom stereocenters. The lowest BCUT2D eigenvalue weighted by Crippen LogP contribution is -2.30. The molecule has 1 saturated carbocycles. The van der Waals surface area contributed by atoms with Gasteiger partial charge in [-0.3, -0.25) is 0 Å². The first-order valence-corrected chi connectivity index (χ1v) is 6.09. The molecule has 3 nitrogen and oxygen atoms in total. The van der Waals surface area contributed by atoms with E-state index < -0.39 is 11.6 Å². The minimum absolute atomic E-state index is 0.0687. The molecule has 1 aliphatic rings. The molecule has 2 rings (SSSR count). The lowest BCUT2D eigenvalue weighted by Gasteiger charge is -2.20. The average Bonchev–Trinajstić information content (AvgIpc) is 3.15. The molecule has 5 heteroatoms. The number of anilines is 1. The molecule has 0 spiro atoms. The molecule has 1 aliphatic carbocycles. The van der Waals surface area contributed by atoms with Crippen LogP contribution in [0.25, 0.3) is 0 Å². The standard InChI is InChI=1S/C13H18F2N2O/c1-17(6-5-16-9-3-4-9)12-7-11(15)13(18-2)8-10(12)14/h7-9,16H,3-6H2,1-2H3. The first-order valence-electron chi connectivity index (χ1n) is 6.09. The normalized spacial score (nSPS) is 14.7. The van der Waals surface area contributed by atoms with Gasteiger partial charge in [-0.05, 0) is 12.8 Å². The molecule has 0 unspecified atom stereocenters. The van der Waals surface area contributed by atoms with Crippen LogP contribution in [-0.2, 0) is 0 Å². The van der Waals surface area contributed by atoms with E-state index in [4.69, 9.17) is 4.74 Å². The van der Waals surface area contributed by atoms with Crippen LogP contribution >= 0.6 is 0 Å². The summed E-state index contributed by atoms with van der Waals surface area (Å²) in [6.45, 7) is 1.41. The maximum absolute atomic E-state index is 13.8. The second kappa shape index (κ2) is 5.52. The Balaban J connectivity index is 1.99. The van der Waals surface area contributed by atoms with Gasteiger partial charge in [0.05, 0.1) is 12.8 Å². The Morgan fingerprint density at radius 3 is 2.67 bits per heavy atom. The van der Waals surface area contributed by atoms with Gasteiger partial charge in [0.25, 0.3) is 0 Å². The van der Waals surface area contributed by atoms with Crippen LogP contribution in [0.4, 0.5) is 14.5 Å². The second-order valence-electron chi connectivity index (χ2n) is 4.59. The van der Waals surface area contributed by atoms with Crippen molar-refractivity contribution in [3.05, 3.63) is 23.8 Å². The van der Waals surface area contributed by atoms with Crippen molar-refractivity contribution in [1.29, 1.82) is 0 Å². The van der Waals surface area contributed by atoms with Gasteiger partial charge >= 0.3 is 0 Å². The maximum atomic E-state index is 13.8. The smallest absolute Gasteiger partial charge is 0.167 e. The summed E-state index contributed by atoms with van der Waals surface area (Å²) in [5.41, 5.74) is 0.255. The van der Waals surface area contributed by atoms with Crippen molar-refractivity contribution in [1.82, 2.24) is 5.32 Å². The summed E-state index contributed by atoms with van der Waals surface area (Å²) < 4.78 is 32.0. The fourth-order valence-electron chi connectivity index (χ4n) is 1.81. The van der Waals surface area contributed by atoms with E-state index in [2.05, 4.69) is 5.32 Å². The van der Waals surface area contributed by atoms with E-state index in [0.717, 1.165) is 12.6 Å². The number of hydrogen-bond acceptors (Lipinski definition) is 3. The Morgan fingerprint density at radius 1 is 1.33 bits per heavy atom. The number of methoxy groups -OCH3 is 1. The minimum atomic E-state index is -0.545. The molecule has 1 fully saturated rings. The van der Waals surface area contributed by atoms with Crippen LogP contribution < -0.4 is 15.0 Å². The van der Waals surface area contributed by atoms with Crippen molar-refractivity contribution >= 4 is 5.69 Å². The van der Waals surface area contributed by atoms with E-state index in [1.165, 1.54) is 26.0 Å². The van der Waals surface area contributed by atoms with E-state index in [-0.39, 0.29) is 11.4 Å². The first kappa shape index (κ1) is 13.1. The third-order valence-electron chi connectivity index (χ3n) is 3.09. The van der Waals surface area contributed by atoms with E-state index in [1.807, 2.05) is 0 Å².